The van der Waals surface area contributed by atoms with Crippen molar-refractivity contribution in [1.29, 1.82) is 0 Å². The summed E-state index contributed by atoms with van der Waals surface area (Å²) < 4.78 is 0. The molecule has 4 N–H and O–H groups in total. The van der Waals surface area contributed by atoms with Crippen LogP contribution in [0.3, 0.4) is 0 Å². The van der Waals surface area contributed by atoms with Gasteiger partial charge in [0.15, 0.2) is 0 Å². The third-order valence-electron chi connectivity index (χ3n) is 1.94. The summed E-state index contributed by atoms with van der Waals surface area (Å²) in [5, 5.41) is 5.49. The molecule has 0 saturated heterocycles. The number of carbonyl (C=O) groups excluding carboxylic acids is 2. The lowest BCUT2D eigenvalue weighted by Gasteiger charge is -2.14. The summed E-state index contributed by atoms with van der Waals surface area (Å²) in [6.07, 6.45) is 1.83. The zero-order valence-electron chi connectivity index (χ0n) is 8.80. The van der Waals surface area contributed by atoms with Crippen LogP contribution in [0.2, 0.25) is 0 Å². The van der Waals surface area contributed by atoms with Crippen molar-refractivity contribution in [2.24, 2.45) is 5.73 Å². The van der Waals surface area contributed by atoms with Crippen molar-refractivity contribution < 1.29 is 9.59 Å². The van der Waals surface area contributed by atoms with Crippen LogP contribution in [-0.4, -0.2) is 30.9 Å². The maximum atomic E-state index is 11.2. The van der Waals surface area contributed by atoms with Crippen LogP contribution in [-0.2, 0) is 9.59 Å². The second-order valence-electron chi connectivity index (χ2n) is 3.15. The molecule has 0 aliphatic carbocycles. The molecule has 82 valence electrons. The minimum Gasteiger partial charge on any atom is -0.369 e. The second-order valence-corrected chi connectivity index (χ2v) is 3.15. The first-order valence-corrected chi connectivity index (χ1v) is 4.88. The van der Waals surface area contributed by atoms with E-state index in [1.165, 1.54) is 0 Å². The Balaban J connectivity index is 3.59. The number of hydrogen-bond acceptors (Lipinski definition) is 3. The Labute approximate surface area is 84.4 Å². The molecule has 0 aliphatic rings. The molecule has 0 spiro atoms. The van der Waals surface area contributed by atoms with E-state index in [1.54, 1.807) is 0 Å². The molecule has 0 atom stereocenters. The predicted molar refractivity (Wildman–Crippen MR) is 54.6 cm³/mol. The molecular weight excluding hydrogens is 182 g/mol. The van der Waals surface area contributed by atoms with Crippen LogP contribution in [0, 0.1) is 0 Å². The van der Waals surface area contributed by atoms with Gasteiger partial charge in [-0.3, -0.25) is 14.9 Å². The maximum absolute atomic E-state index is 11.2. The number of amides is 2. The van der Waals surface area contributed by atoms with E-state index in [-0.39, 0.29) is 25.0 Å². The number of nitrogens with one attached hydrogen (secondary N) is 2. The van der Waals surface area contributed by atoms with Crippen molar-refractivity contribution in [3.8, 4) is 0 Å². The van der Waals surface area contributed by atoms with Gasteiger partial charge in [0.2, 0.25) is 11.8 Å². The molecule has 0 bridgehead atoms. The number of hydrogen-bond donors (Lipinski definition) is 3. The van der Waals surface area contributed by atoms with Gasteiger partial charge in [0, 0.05) is 6.04 Å². The van der Waals surface area contributed by atoms with Gasteiger partial charge in [0.1, 0.15) is 0 Å². The monoisotopic (exact) mass is 201 g/mol. The van der Waals surface area contributed by atoms with Crippen molar-refractivity contribution in [3.05, 3.63) is 0 Å². The Morgan fingerprint density at radius 3 is 2.21 bits per heavy atom. The van der Waals surface area contributed by atoms with E-state index in [9.17, 15) is 9.59 Å². The molecule has 5 heteroatoms. The van der Waals surface area contributed by atoms with Gasteiger partial charge in [-0.05, 0) is 12.8 Å². The summed E-state index contributed by atoms with van der Waals surface area (Å²) in [6, 6.07) is 0.220. The number of carbonyl (C=O) groups is 2. The lowest BCUT2D eigenvalue weighted by atomic mass is 10.2. The van der Waals surface area contributed by atoms with Gasteiger partial charge in [0.25, 0.3) is 0 Å². The summed E-state index contributed by atoms with van der Waals surface area (Å²) in [5.74, 6) is -0.555. The average molecular weight is 201 g/mol. The van der Waals surface area contributed by atoms with Crippen LogP contribution in [0.15, 0.2) is 0 Å². The lowest BCUT2D eigenvalue weighted by Crippen LogP contribution is -2.41. The fourth-order valence-corrected chi connectivity index (χ4v) is 1.07. The first-order chi connectivity index (χ1) is 6.60. The fraction of sp³-hybridized carbons (Fsp3) is 0.778. The number of rotatable bonds is 7. The molecular formula is C9H19N3O2. The van der Waals surface area contributed by atoms with Crippen LogP contribution >= 0.6 is 0 Å². The van der Waals surface area contributed by atoms with Gasteiger partial charge >= 0.3 is 0 Å². The van der Waals surface area contributed by atoms with Gasteiger partial charge in [0.05, 0.1) is 13.1 Å². The summed E-state index contributed by atoms with van der Waals surface area (Å²) in [4.78, 5) is 21.6. The topological polar surface area (TPSA) is 84.2 Å². The van der Waals surface area contributed by atoms with Crippen LogP contribution < -0.4 is 16.4 Å². The molecule has 0 heterocycles. The highest BCUT2D eigenvalue weighted by molar-refractivity contribution is 5.80. The van der Waals surface area contributed by atoms with Gasteiger partial charge in [-0.25, -0.2) is 0 Å². The smallest absolute Gasteiger partial charge is 0.234 e. The van der Waals surface area contributed by atoms with E-state index in [0.717, 1.165) is 12.8 Å². The summed E-state index contributed by atoms with van der Waals surface area (Å²) in [6.45, 7) is 4.21. The van der Waals surface area contributed by atoms with Gasteiger partial charge in [-0.15, -0.1) is 0 Å². The van der Waals surface area contributed by atoms with E-state index in [1.807, 2.05) is 13.8 Å². The Bertz CT molecular complexity index is 190. The molecule has 0 aliphatic heterocycles. The highest BCUT2D eigenvalue weighted by Gasteiger charge is 2.07. The molecule has 14 heavy (non-hydrogen) atoms. The van der Waals surface area contributed by atoms with E-state index < -0.39 is 5.91 Å². The van der Waals surface area contributed by atoms with Crippen molar-refractivity contribution in [2.45, 2.75) is 32.7 Å². The van der Waals surface area contributed by atoms with Crippen molar-refractivity contribution in [1.82, 2.24) is 10.6 Å². The highest BCUT2D eigenvalue weighted by Crippen LogP contribution is 1.94. The average Bonchev–Trinajstić information content (AvgIpc) is 2.13. The molecule has 0 saturated carbocycles. The van der Waals surface area contributed by atoms with Gasteiger partial charge < -0.3 is 11.1 Å². The molecule has 0 radical (unpaired) electrons. The molecule has 5 nitrogen and oxygen atoms in total. The molecule has 0 aromatic heterocycles. The molecule has 0 rings (SSSR count). The van der Waals surface area contributed by atoms with Crippen molar-refractivity contribution in [2.75, 3.05) is 13.1 Å². The third kappa shape index (κ3) is 6.42. The highest BCUT2D eigenvalue weighted by atomic mass is 16.2. The Morgan fingerprint density at radius 2 is 1.79 bits per heavy atom. The van der Waals surface area contributed by atoms with E-state index in [4.69, 9.17) is 5.73 Å². The summed E-state index contributed by atoms with van der Waals surface area (Å²) in [5.41, 5.74) is 4.90. The first kappa shape index (κ1) is 12.9. The molecule has 0 aromatic carbocycles. The molecule has 0 aromatic rings. The number of primary amides is 1. The standard InChI is InChI=1S/C9H19N3O2/c1-3-7(4-2)12-9(14)6-11-5-8(10)13/h7,11H,3-6H2,1-2H3,(H2,10,13)(H,12,14). The summed E-state index contributed by atoms with van der Waals surface area (Å²) in [7, 11) is 0. The fourth-order valence-electron chi connectivity index (χ4n) is 1.07. The minimum atomic E-state index is -0.458. The maximum Gasteiger partial charge on any atom is 0.234 e. The van der Waals surface area contributed by atoms with Crippen molar-refractivity contribution in [3.63, 3.8) is 0 Å². The zero-order chi connectivity index (χ0) is 11.0. The first-order valence-electron chi connectivity index (χ1n) is 4.88. The number of nitrogens with two attached hydrogens (primary N) is 1. The molecule has 0 fully saturated rings. The minimum absolute atomic E-state index is 0.0380. The van der Waals surface area contributed by atoms with Crippen LogP contribution in [0.1, 0.15) is 26.7 Å². The SMILES string of the molecule is CCC(CC)NC(=O)CNCC(N)=O. The van der Waals surface area contributed by atoms with Crippen molar-refractivity contribution >= 4 is 11.8 Å². The zero-order valence-corrected chi connectivity index (χ0v) is 8.80. The molecule has 0 unspecified atom stereocenters. The normalized spacial score (nSPS) is 10.2. The second kappa shape index (κ2) is 7.32. The third-order valence-corrected chi connectivity index (χ3v) is 1.94. The summed E-state index contributed by atoms with van der Waals surface area (Å²) >= 11 is 0. The predicted octanol–water partition coefficient (Wildman–Crippen LogP) is -0.634. The van der Waals surface area contributed by atoms with Gasteiger partial charge in [-0.2, -0.15) is 0 Å². The van der Waals surface area contributed by atoms with Crippen LogP contribution in [0.25, 0.3) is 0 Å². The van der Waals surface area contributed by atoms with Crippen LogP contribution in [0.4, 0.5) is 0 Å². The van der Waals surface area contributed by atoms with E-state index >= 15 is 0 Å². The lowest BCUT2D eigenvalue weighted by molar-refractivity contribution is -0.121. The van der Waals surface area contributed by atoms with E-state index in [0.29, 0.717) is 0 Å². The Kier molecular flexibility index (Phi) is 6.74. The molecule has 2 amide bonds. The van der Waals surface area contributed by atoms with Gasteiger partial charge in [-0.1, -0.05) is 13.8 Å². The van der Waals surface area contributed by atoms with Crippen LogP contribution in [0.5, 0.6) is 0 Å². The van der Waals surface area contributed by atoms with E-state index in [2.05, 4.69) is 10.6 Å². The Morgan fingerprint density at radius 1 is 1.21 bits per heavy atom. The quantitative estimate of drug-likeness (QED) is 0.512. The largest absolute Gasteiger partial charge is 0.369 e. The Hall–Kier alpha value is -1.10.